The Morgan fingerprint density at radius 3 is 2.55 bits per heavy atom. The number of fused-ring (bicyclic) bond motifs is 1. The van der Waals surface area contributed by atoms with Crippen molar-refractivity contribution in [2.24, 2.45) is 0 Å². The highest BCUT2D eigenvalue weighted by Gasteiger charge is 2.35. The second kappa shape index (κ2) is 5.15. The minimum atomic E-state index is -3.66. The van der Waals surface area contributed by atoms with E-state index in [-0.39, 0.29) is 22.1 Å². The first-order valence-electron chi connectivity index (χ1n) is 7.02. The number of piperazine rings is 1. The van der Waals surface area contributed by atoms with Crippen molar-refractivity contribution in [3.8, 4) is 0 Å². The van der Waals surface area contributed by atoms with Gasteiger partial charge in [-0.1, -0.05) is 0 Å². The lowest BCUT2D eigenvalue weighted by Gasteiger charge is -2.31. The first-order chi connectivity index (χ1) is 10.3. The number of hydrogen-bond acceptors (Lipinski definition) is 5. The van der Waals surface area contributed by atoms with Crippen LogP contribution in [0, 0.1) is 0 Å². The molecule has 1 aromatic rings. The fourth-order valence-corrected chi connectivity index (χ4v) is 4.32. The number of nitrogens with one attached hydrogen (secondary N) is 1. The minimum Gasteiger partial charge on any atom is -0.312 e. The van der Waals surface area contributed by atoms with Gasteiger partial charge in [0.1, 0.15) is 0 Å². The Hall–Kier alpha value is -1.77. The molecule has 1 N–H and O–H groups in total. The van der Waals surface area contributed by atoms with Crippen molar-refractivity contribution in [3.05, 3.63) is 29.3 Å². The molecule has 2 aliphatic heterocycles. The molecule has 0 aliphatic carbocycles. The summed E-state index contributed by atoms with van der Waals surface area (Å²) in [5.74, 6) is -0.870. The third-order valence-corrected chi connectivity index (χ3v) is 5.89. The van der Waals surface area contributed by atoms with Gasteiger partial charge in [0.25, 0.3) is 11.8 Å². The Kier molecular flexibility index (Phi) is 3.54. The zero-order valence-corrected chi connectivity index (χ0v) is 13.2. The van der Waals surface area contributed by atoms with E-state index in [0.717, 1.165) is 4.90 Å². The molecule has 8 heteroatoms. The van der Waals surface area contributed by atoms with Gasteiger partial charge in [-0.3, -0.25) is 14.5 Å². The number of rotatable bonds is 2. The smallest absolute Gasteiger partial charge is 0.261 e. The normalized spacial score (nSPS) is 23.0. The second-order valence-corrected chi connectivity index (χ2v) is 7.53. The number of carbonyl (C=O) groups is 2. The van der Waals surface area contributed by atoms with E-state index >= 15 is 0 Å². The lowest BCUT2D eigenvalue weighted by molar-refractivity contribution is 0.0693. The fraction of sp³-hybridized carbons (Fsp3) is 0.429. The number of sulfonamides is 1. The molecule has 1 atom stereocenters. The van der Waals surface area contributed by atoms with Gasteiger partial charge in [-0.15, -0.1) is 0 Å². The topological polar surface area (TPSA) is 86.8 Å². The summed E-state index contributed by atoms with van der Waals surface area (Å²) in [4.78, 5) is 24.9. The minimum absolute atomic E-state index is 0.0526. The van der Waals surface area contributed by atoms with Gasteiger partial charge in [0, 0.05) is 32.7 Å². The third kappa shape index (κ3) is 2.23. The lowest BCUT2D eigenvalue weighted by Crippen LogP contribution is -2.51. The monoisotopic (exact) mass is 323 g/mol. The summed E-state index contributed by atoms with van der Waals surface area (Å²) >= 11 is 0. The average Bonchev–Trinajstić information content (AvgIpc) is 2.72. The van der Waals surface area contributed by atoms with E-state index in [4.69, 9.17) is 0 Å². The number of carbonyl (C=O) groups excluding carboxylic acids is 2. The SMILES string of the molecule is CC1CN(S(=O)(=O)c2ccc3c(c2)C(=O)N(C)C3=O)CCN1. The summed E-state index contributed by atoms with van der Waals surface area (Å²) in [6.07, 6.45) is 0. The van der Waals surface area contributed by atoms with Crippen LogP contribution in [0.15, 0.2) is 23.1 Å². The van der Waals surface area contributed by atoms with E-state index in [1.165, 1.54) is 29.6 Å². The highest BCUT2D eigenvalue weighted by molar-refractivity contribution is 7.89. The standard InChI is InChI=1S/C14H17N3O4S/c1-9-8-17(6-5-15-9)22(20,21)10-3-4-11-12(7-10)14(19)16(2)13(11)18/h3-4,7,9,15H,5-6,8H2,1-2H3. The Bertz CT molecular complexity index is 759. The molecule has 2 amide bonds. The van der Waals surface area contributed by atoms with Gasteiger partial charge < -0.3 is 5.32 Å². The molecule has 3 rings (SSSR count). The van der Waals surface area contributed by atoms with Crippen LogP contribution in [0.1, 0.15) is 27.6 Å². The summed E-state index contributed by atoms with van der Waals surface area (Å²) in [6, 6.07) is 4.19. The molecule has 7 nitrogen and oxygen atoms in total. The fourth-order valence-electron chi connectivity index (χ4n) is 2.77. The van der Waals surface area contributed by atoms with E-state index < -0.39 is 21.8 Å². The van der Waals surface area contributed by atoms with Crippen LogP contribution in [0.5, 0.6) is 0 Å². The molecule has 0 saturated carbocycles. The Morgan fingerprint density at radius 2 is 1.86 bits per heavy atom. The first kappa shape index (κ1) is 15.1. The van der Waals surface area contributed by atoms with Crippen molar-refractivity contribution >= 4 is 21.8 Å². The van der Waals surface area contributed by atoms with Crippen LogP contribution in [0.4, 0.5) is 0 Å². The van der Waals surface area contributed by atoms with Crippen LogP contribution >= 0.6 is 0 Å². The summed E-state index contributed by atoms with van der Waals surface area (Å²) in [6.45, 7) is 3.27. The van der Waals surface area contributed by atoms with Gasteiger partial charge in [-0.25, -0.2) is 8.42 Å². The maximum absolute atomic E-state index is 12.7. The molecule has 118 valence electrons. The van der Waals surface area contributed by atoms with Crippen LogP contribution in [-0.2, 0) is 10.0 Å². The van der Waals surface area contributed by atoms with E-state index in [1.54, 1.807) is 0 Å². The molecule has 1 saturated heterocycles. The van der Waals surface area contributed by atoms with Crippen molar-refractivity contribution < 1.29 is 18.0 Å². The Balaban J connectivity index is 2.00. The van der Waals surface area contributed by atoms with E-state index in [2.05, 4.69) is 5.32 Å². The molecule has 0 spiro atoms. The summed E-state index contributed by atoms with van der Waals surface area (Å²) in [5, 5.41) is 3.18. The highest BCUT2D eigenvalue weighted by Crippen LogP contribution is 2.26. The third-order valence-electron chi connectivity index (χ3n) is 4.03. The van der Waals surface area contributed by atoms with Gasteiger partial charge in [0.05, 0.1) is 16.0 Å². The van der Waals surface area contributed by atoms with Crippen LogP contribution in [-0.4, -0.2) is 62.2 Å². The van der Waals surface area contributed by atoms with Crippen molar-refractivity contribution in [3.63, 3.8) is 0 Å². The predicted molar refractivity (Wildman–Crippen MR) is 79.1 cm³/mol. The predicted octanol–water partition coefficient (Wildman–Crippen LogP) is -0.105. The molecule has 0 radical (unpaired) electrons. The molecule has 2 heterocycles. The van der Waals surface area contributed by atoms with Gasteiger partial charge >= 0.3 is 0 Å². The average molecular weight is 323 g/mol. The summed E-state index contributed by atoms with van der Waals surface area (Å²) in [7, 11) is -2.28. The van der Waals surface area contributed by atoms with Crippen molar-refractivity contribution in [2.75, 3.05) is 26.7 Å². The van der Waals surface area contributed by atoms with Crippen LogP contribution < -0.4 is 5.32 Å². The van der Waals surface area contributed by atoms with Crippen molar-refractivity contribution in [1.82, 2.24) is 14.5 Å². The molecule has 2 aliphatic rings. The maximum atomic E-state index is 12.7. The maximum Gasteiger partial charge on any atom is 0.261 e. The summed E-state index contributed by atoms with van der Waals surface area (Å²) < 4.78 is 26.8. The van der Waals surface area contributed by atoms with Gasteiger partial charge in [-0.05, 0) is 25.1 Å². The van der Waals surface area contributed by atoms with E-state index in [9.17, 15) is 18.0 Å². The van der Waals surface area contributed by atoms with E-state index in [1.807, 2.05) is 6.92 Å². The zero-order chi connectivity index (χ0) is 16.1. The highest BCUT2D eigenvalue weighted by atomic mass is 32.2. The molecule has 1 aromatic carbocycles. The van der Waals surface area contributed by atoms with Crippen molar-refractivity contribution in [1.29, 1.82) is 0 Å². The van der Waals surface area contributed by atoms with Crippen LogP contribution in [0.2, 0.25) is 0 Å². The lowest BCUT2D eigenvalue weighted by atomic mass is 10.1. The molecule has 22 heavy (non-hydrogen) atoms. The number of hydrogen-bond donors (Lipinski definition) is 1. The molecule has 0 bridgehead atoms. The van der Waals surface area contributed by atoms with Gasteiger partial charge in [0.2, 0.25) is 10.0 Å². The number of benzene rings is 1. The summed E-state index contributed by atoms with van der Waals surface area (Å²) in [5.41, 5.74) is 0.400. The zero-order valence-electron chi connectivity index (χ0n) is 12.4. The molecule has 1 unspecified atom stereocenters. The number of imide groups is 1. The molecule has 1 fully saturated rings. The van der Waals surface area contributed by atoms with E-state index in [0.29, 0.717) is 19.6 Å². The Labute approximate surface area is 128 Å². The number of amides is 2. The van der Waals surface area contributed by atoms with Gasteiger partial charge in [-0.2, -0.15) is 4.31 Å². The molecular weight excluding hydrogens is 306 g/mol. The second-order valence-electron chi connectivity index (χ2n) is 5.59. The van der Waals surface area contributed by atoms with Crippen LogP contribution in [0.25, 0.3) is 0 Å². The quantitative estimate of drug-likeness (QED) is 0.768. The molecule has 0 aromatic heterocycles. The van der Waals surface area contributed by atoms with Crippen molar-refractivity contribution in [2.45, 2.75) is 17.9 Å². The van der Waals surface area contributed by atoms with Crippen LogP contribution in [0.3, 0.4) is 0 Å². The molecular formula is C14H17N3O4S. The van der Waals surface area contributed by atoms with Gasteiger partial charge in [0.15, 0.2) is 0 Å². The largest absolute Gasteiger partial charge is 0.312 e. The number of nitrogens with zero attached hydrogens (tertiary/aromatic N) is 2. The Morgan fingerprint density at radius 1 is 1.18 bits per heavy atom. The first-order valence-corrected chi connectivity index (χ1v) is 8.46.